The van der Waals surface area contributed by atoms with Gasteiger partial charge in [-0.15, -0.1) is 11.8 Å². The lowest BCUT2D eigenvalue weighted by Crippen LogP contribution is -2.46. The molecular formula is C44H48ClF4N7O4S3. The van der Waals surface area contributed by atoms with Crippen molar-refractivity contribution in [2.75, 3.05) is 54.4 Å². The van der Waals surface area contributed by atoms with Crippen LogP contribution in [0.2, 0.25) is 5.02 Å². The number of fused-ring (bicyclic) bond motifs is 1. The fourth-order valence-corrected chi connectivity index (χ4v) is 11.2. The molecule has 0 aliphatic carbocycles. The van der Waals surface area contributed by atoms with Crippen molar-refractivity contribution < 1.29 is 34.4 Å². The topological polar surface area (TPSA) is 128 Å². The van der Waals surface area contributed by atoms with Gasteiger partial charge in [0.05, 0.1) is 16.3 Å². The van der Waals surface area contributed by atoms with E-state index in [1.165, 1.54) is 12.4 Å². The highest BCUT2D eigenvalue weighted by molar-refractivity contribution is 7.99. The number of sulfone groups is 1. The second-order valence-corrected chi connectivity index (χ2v) is 21.1. The van der Waals surface area contributed by atoms with Gasteiger partial charge in [0.25, 0.3) is 19.9 Å². The van der Waals surface area contributed by atoms with Crippen molar-refractivity contribution in [3.8, 4) is 11.1 Å². The molecule has 11 nitrogen and oxygen atoms in total. The lowest BCUT2D eigenvalue weighted by molar-refractivity contribution is -0.0435. The molecule has 1 fully saturated rings. The molecule has 5 aromatic rings. The highest BCUT2D eigenvalue weighted by atomic mass is 35.5. The predicted molar refractivity (Wildman–Crippen MR) is 241 cm³/mol. The molecule has 3 heterocycles. The number of nitrogens with zero attached hydrogens (tertiary/aromatic N) is 5. The Balaban J connectivity index is 1.000. The Labute approximate surface area is 375 Å². The van der Waals surface area contributed by atoms with Gasteiger partial charge < -0.3 is 10.2 Å². The van der Waals surface area contributed by atoms with Gasteiger partial charge in [0.2, 0.25) is 0 Å². The first kappa shape index (κ1) is 46.5. The first-order chi connectivity index (χ1) is 29.9. The van der Waals surface area contributed by atoms with Crippen LogP contribution in [0.4, 0.5) is 34.8 Å². The summed E-state index contributed by atoms with van der Waals surface area (Å²) in [6.45, 7) is 4.62. The van der Waals surface area contributed by atoms with Gasteiger partial charge in [-0.1, -0.05) is 35.9 Å². The molecule has 0 bridgehead atoms. The third kappa shape index (κ3) is 10.9. The Bertz CT molecular complexity index is 2630. The number of aromatic nitrogens is 2. The molecule has 4 aromatic carbocycles. The summed E-state index contributed by atoms with van der Waals surface area (Å²) in [5.41, 5.74) is -1.53. The molecule has 2 aliphatic heterocycles. The molecule has 0 unspecified atom stereocenters. The quantitative estimate of drug-likeness (QED) is 0.0771. The molecule has 0 radical (unpaired) electrons. The maximum Gasteiger partial charge on any atom is 0.501 e. The number of likely N-dealkylation sites (tertiary alicyclic amines) is 1. The largest absolute Gasteiger partial charge is 0.501 e. The number of rotatable bonds is 15. The standard InChI is InChI=1S/C44H48ClF4N7O4S3/c1-29(20-24-61-34-13-11-32(12-14-34)54(2)3)52-40-16-15-35(25-42(40)62(57,58)44(47,48)49)63(59,60)53-43-37-19-23-56(27-41(37)50-28-51-43)33-17-21-55(22-18-33)26-38-36(5-4-6-39(38)46)30-7-9-31(45)10-8-30/h4-16,25,28-29,33,52H,17-24,26-27H2,1-3H3,(H,50,51,53)/t29-/m1/s1. The van der Waals surface area contributed by atoms with E-state index in [0.29, 0.717) is 66.1 Å². The third-order valence-corrected chi connectivity index (χ3v) is 15.6. The van der Waals surface area contributed by atoms with Crippen LogP contribution in [0.25, 0.3) is 11.1 Å². The van der Waals surface area contributed by atoms with Crippen LogP contribution < -0.4 is 14.9 Å². The van der Waals surface area contributed by atoms with Crippen LogP contribution >= 0.6 is 23.4 Å². The maximum atomic E-state index is 15.2. The van der Waals surface area contributed by atoms with Crippen LogP contribution in [0.1, 0.15) is 43.0 Å². The first-order valence-corrected chi connectivity index (χ1v) is 24.7. The first-order valence-electron chi connectivity index (χ1n) is 20.4. The van der Waals surface area contributed by atoms with Gasteiger partial charge in [0.15, 0.2) is 0 Å². The van der Waals surface area contributed by atoms with Crippen LogP contribution in [0, 0.1) is 5.82 Å². The number of anilines is 3. The van der Waals surface area contributed by atoms with E-state index < -0.39 is 41.2 Å². The molecule has 1 aromatic heterocycles. The van der Waals surface area contributed by atoms with Crippen molar-refractivity contribution in [2.45, 2.75) is 78.0 Å². The van der Waals surface area contributed by atoms with E-state index in [0.717, 1.165) is 59.8 Å². The average Bonchev–Trinajstić information content (AvgIpc) is 3.24. The molecule has 0 amide bonds. The van der Waals surface area contributed by atoms with Crippen LogP contribution in [-0.2, 0) is 39.4 Å². The van der Waals surface area contributed by atoms with E-state index >= 15 is 4.39 Å². The van der Waals surface area contributed by atoms with Crippen molar-refractivity contribution in [3.63, 3.8) is 0 Å². The number of nitrogens with one attached hydrogen (secondary N) is 2. The summed E-state index contributed by atoms with van der Waals surface area (Å²) < 4.78 is 113. The Morgan fingerprint density at radius 2 is 1.65 bits per heavy atom. The van der Waals surface area contributed by atoms with Crippen LogP contribution in [-0.4, -0.2) is 93.7 Å². The summed E-state index contributed by atoms with van der Waals surface area (Å²) in [5, 5.41) is 3.47. The van der Waals surface area contributed by atoms with Crippen LogP contribution in [0.15, 0.2) is 106 Å². The van der Waals surface area contributed by atoms with Crippen molar-refractivity contribution in [3.05, 3.63) is 119 Å². The van der Waals surface area contributed by atoms with Crippen LogP contribution in [0.3, 0.4) is 0 Å². The van der Waals surface area contributed by atoms with Crippen molar-refractivity contribution >= 4 is 60.4 Å². The normalized spacial score (nSPS) is 16.1. The Kier molecular flexibility index (Phi) is 14.3. The van der Waals surface area contributed by atoms with Gasteiger partial charge in [-0.25, -0.2) is 31.2 Å². The number of benzene rings is 4. The zero-order valence-electron chi connectivity index (χ0n) is 34.9. The number of alkyl halides is 3. The second kappa shape index (κ2) is 19.3. The molecule has 63 heavy (non-hydrogen) atoms. The van der Waals surface area contributed by atoms with Crippen molar-refractivity contribution in [1.29, 1.82) is 0 Å². The number of piperidine rings is 1. The number of hydrogen-bond acceptors (Lipinski definition) is 11. The minimum atomic E-state index is -5.97. The molecule has 7 rings (SSSR count). The lowest BCUT2D eigenvalue weighted by atomic mass is 9.96. The fraction of sp³-hybridized carbons (Fsp3) is 0.364. The molecule has 336 valence electrons. The molecule has 0 saturated carbocycles. The lowest BCUT2D eigenvalue weighted by Gasteiger charge is -2.40. The van der Waals surface area contributed by atoms with Crippen molar-refractivity contribution in [1.82, 2.24) is 19.8 Å². The van der Waals surface area contributed by atoms with Crippen LogP contribution in [0.5, 0.6) is 0 Å². The molecule has 19 heteroatoms. The average molecular weight is 947 g/mol. The maximum absolute atomic E-state index is 15.2. The molecular weight excluding hydrogens is 898 g/mol. The third-order valence-electron chi connectivity index (χ3n) is 11.4. The molecule has 0 spiro atoms. The fourth-order valence-electron chi connectivity index (χ4n) is 7.91. The zero-order valence-corrected chi connectivity index (χ0v) is 38.1. The van der Waals surface area contributed by atoms with Crippen molar-refractivity contribution in [2.24, 2.45) is 0 Å². The summed E-state index contributed by atoms with van der Waals surface area (Å²) in [5.74, 6) is 0.288. The van der Waals surface area contributed by atoms with E-state index in [1.807, 2.05) is 61.5 Å². The second-order valence-electron chi connectivity index (χ2n) is 15.9. The number of hydrogen-bond donors (Lipinski definition) is 2. The summed E-state index contributed by atoms with van der Waals surface area (Å²) in [4.78, 5) is 14.3. The summed E-state index contributed by atoms with van der Waals surface area (Å²) in [6, 6.07) is 22.7. The summed E-state index contributed by atoms with van der Waals surface area (Å²) >= 11 is 7.64. The number of halogens is 5. The summed E-state index contributed by atoms with van der Waals surface area (Å²) in [7, 11) is -6.73. The van der Waals surface area contributed by atoms with Gasteiger partial charge in [0, 0.05) is 72.5 Å². The van der Waals surface area contributed by atoms with Gasteiger partial charge in [-0.3, -0.25) is 14.5 Å². The van der Waals surface area contributed by atoms with Gasteiger partial charge in [-0.2, -0.15) is 13.2 Å². The highest BCUT2D eigenvalue weighted by Crippen LogP contribution is 2.38. The minimum absolute atomic E-state index is 0.0271. The van der Waals surface area contributed by atoms with E-state index in [9.17, 15) is 30.0 Å². The SMILES string of the molecule is C[C@H](CCSc1ccc(N(C)C)cc1)Nc1ccc(S(=O)(=O)Nc2ncnc3c2CCN(C2CCN(Cc4c(F)cccc4-c4ccc(Cl)cc4)CC2)C3)cc1S(=O)(=O)C(F)(F)F. The van der Waals surface area contributed by atoms with Gasteiger partial charge in [0.1, 0.15) is 22.9 Å². The predicted octanol–water partition coefficient (Wildman–Crippen LogP) is 9.10. The van der Waals surface area contributed by atoms with E-state index in [4.69, 9.17) is 11.6 Å². The zero-order chi connectivity index (χ0) is 45.1. The van der Waals surface area contributed by atoms with Gasteiger partial charge in [-0.05, 0) is 123 Å². The molecule has 2 aliphatic rings. The van der Waals surface area contributed by atoms with E-state index in [1.54, 1.807) is 36.9 Å². The summed E-state index contributed by atoms with van der Waals surface area (Å²) in [6.07, 6.45) is 3.72. The Morgan fingerprint density at radius 3 is 2.33 bits per heavy atom. The highest BCUT2D eigenvalue weighted by Gasteiger charge is 2.48. The molecule has 1 saturated heterocycles. The van der Waals surface area contributed by atoms with E-state index in [2.05, 4.69) is 29.8 Å². The Hall–Kier alpha value is -4.46. The van der Waals surface area contributed by atoms with E-state index in [-0.39, 0.29) is 23.4 Å². The number of sulfonamides is 1. The molecule has 2 N–H and O–H groups in total. The number of thioether (sulfide) groups is 1. The smallest absolute Gasteiger partial charge is 0.382 e. The Morgan fingerprint density at radius 1 is 0.937 bits per heavy atom. The monoisotopic (exact) mass is 945 g/mol. The molecule has 1 atom stereocenters. The minimum Gasteiger partial charge on any atom is -0.382 e. The van der Waals surface area contributed by atoms with Gasteiger partial charge >= 0.3 is 5.51 Å².